The Bertz CT molecular complexity index is 1220. The van der Waals surface area contributed by atoms with Crippen LogP contribution < -0.4 is 11.5 Å². The average molecular weight is 533 g/mol. The van der Waals surface area contributed by atoms with Crippen LogP contribution in [0.1, 0.15) is 35.6 Å². The molecule has 0 aliphatic carbocycles. The maximum atomic E-state index is 10.5. The highest BCUT2D eigenvalue weighted by Crippen LogP contribution is 2.14. The van der Waals surface area contributed by atoms with E-state index in [2.05, 4.69) is 19.9 Å². The predicted molar refractivity (Wildman–Crippen MR) is 145 cm³/mol. The minimum absolute atomic E-state index is 0.0830. The third-order valence-electron chi connectivity index (χ3n) is 5.29. The molecule has 5 heterocycles. The van der Waals surface area contributed by atoms with Crippen LogP contribution in [0.15, 0.2) is 73.3 Å². The van der Waals surface area contributed by atoms with Crippen LogP contribution in [0.2, 0.25) is 0 Å². The summed E-state index contributed by atoms with van der Waals surface area (Å²) in [5.74, 6) is 0. The van der Waals surface area contributed by atoms with Gasteiger partial charge in [-0.05, 0) is 49.2 Å². The van der Waals surface area contributed by atoms with Crippen LogP contribution >= 0.6 is 0 Å². The molecule has 0 unspecified atom stereocenters. The van der Waals surface area contributed by atoms with E-state index in [1.807, 2.05) is 24.3 Å². The predicted octanol–water partition coefficient (Wildman–Crippen LogP) is 3.91. The minimum atomic E-state index is -0.527. The van der Waals surface area contributed by atoms with E-state index in [1.165, 1.54) is 49.5 Å². The van der Waals surface area contributed by atoms with Crippen LogP contribution in [0.5, 0.6) is 0 Å². The van der Waals surface area contributed by atoms with Crippen LogP contribution in [-0.2, 0) is 17.6 Å². The molecule has 4 N–H and O–H groups in total. The van der Waals surface area contributed by atoms with Crippen molar-refractivity contribution in [2.24, 2.45) is 0 Å². The smallest absolute Gasteiger partial charge is 0.287 e. The molecule has 0 amide bonds. The molecule has 5 rings (SSSR count). The van der Waals surface area contributed by atoms with Crippen molar-refractivity contribution < 1.29 is 14.6 Å². The standard InChI is InChI=1S/C11H8N4O4.C11H12N4.C4H8O/c16-14(17)10-3-1-8(12-6-10)5-9-2-4-11(7-13-9)15(18)19;12-8-1-3-10(14-6-8)5-11-4-2-9(13)7-15-11;1-2-4-5-3-1/h1-4,6-7H,5H2;1-4,6-7H,5,12-13H2;1-4H2. The number of nitrogens with two attached hydrogens (primary N) is 2. The van der Waals surface area contributed by atoms with E-state index in [0.29, 0.717) is 35.6 Å². The first-order valence-electron chi connectivity index (χ1n) is 12.0. The maximum Gasteiger partial charge on any atom is 0.287 e. The molecule has 13 nitrogen and oxygen atoms in total. The van der Waals surface area contributed by atoms with Gasteiger partial charge in [0.15, 0.2) is 0 Å². The normalized spacial score (nSPS) is 11.9. The van der Waals surface area contributed by atoms with Gasteiger partial charge >= 0.3 is 0 Å². The number of nitro groups is 2. The Balaban J connectivity index is 0.000000186. The highest BCUT2D eigenvalue weighted by Gasteiger charge is 2.08. The van der Waals surface area contributed by atoms with E-state index in [-0.39, 0.29) is 11.4 Å². The van der Waals surface area contributed by atoms with Gasteiger partial charge in [-0.25, -0.2) is 0 Å². The third-order valence-corrected chi connectivity index (χ3v) is 5.29. The molecule has 0 radical (unpaired) electrons. The fourth-order valence-electron chi connectivity index (χ4n) is 3.22. The van der Waals surface area contributed by atoms with Crippen molar-refractivity contribution in [1.29, 1.82) is 0 Å². The minimum Gasteiger partial charge on any atom is -0.397 e. The summed E-state index contributed by atoms with van der Waals surface area (Å²) in [6.07, 6.45) is 9.23. The van der Waals surface area contributed by atoms with Gasteiger partial charge in [0.25, 0.3) is 11.4 Å². The first-order chi connectivity index (χ1) is 18.8. The summed E-state index contributed by atoms with van der Waals surface area (Å²) in [7, 11) is 0. The van der Waals surface area contributed by atoms with Gasteiger partial charge in [0.2, 0.25) is 0 Å². The fourth-order valence-corrected chi connectivity index (χ4v) is 3.22. The van der Waals surface area contributed by atoms with Crippen molar-refractivity contribution in [3.63, 3.8) is 0 Å². The van der Waals surface area contributed by atoms with E-state index in [1.54, 1.807) is 12.4 Å². The second kappa shape index (κ2) is 14.6. The van der Waals surface area contributed by atoms with Gasteiger partial charge in [-0.3, -0.25) is 40.2 Å². The van der Waals surface area contributed by atoms with Gasteiger partial charge in [0.1, 0.15) is 12.4 Å². The number of nitrogens with zero attached hydrogens (tertiary/aromatic N) is 6. The van der Waals surface area contributed by atoms with E-state index >= 15 is 0 Å². The van der Waals surface area contributed by atoms with E-state index < -0.39 is 9.85 Å². The highest BCUT2D eigenvalue weighted by molar-refractivity contribution is 5.37. The van der Waals surface area contributed by atoms with Gasteiger partial charge in [-0.1, -0.05) is 0 Å². The molecule has 1 fully saturated rings. The largest absolute Gasteiger partial charge is 0.397 e. The molecular formula is C26H28N8O5. The number of nitrogen functional groups attached to an aromatic ring is 2. The zero-order chi connectivity index (χ0) is 28.0. The molecule has 202 valence electrons. The van der Waals surface area contributed by atoms with Crippen LogP contribution in [0.4, 0.5) is 22.7 Å². The first kappa shape index (κ1) is 28.5. The summed E-state index contributed by atoms with van der Waals surface area (Å²) >= 11 is 0. The molecule has 1 saturated heterocycles. The summed E-state index contributed by atoms with van der Waals surface area (Å²) in [5, 5.41) is 20.9. The molecule has 4 aromatic heterocycles. The Morgan fingerprint density at radius 1 is 0.615 bits per heavy atom. The summed E-state index contributed by atoms with van der Waals surface area (Å²) in [6, 6.07) is 13.2. The number of hydrogen-bond donors (Lipinski definition) is 2. The second-order valence-electron chi connectivity index (χ2n) is 8.37. The van der Waals surface area contributed by atoms with Crippen molar-refractivity contribution in [1.82, 2.24) is 19.9 Å². The lowest BCUT2D eigenvalue weighted by atomic mass is 10.2. The van der Waals surface area contributed by atoms with Crippen molar-refractivity contribution in [3.05, 3.63) is 116 Å². The lowest BCUT2D eigenvalue weighted by Gasteiger charge is -2.01. The summed E-state index contributed by atoms with van der Waals surface area (Å²) in [5.41, 5.74) is 15.4. The number of ether oxygens (including phenoxy) is 1. The van der Waals surface area contributed by atoms with Crippen LogP contribution in [0.25, 0.3) is 0 Å². The monoisotopic (exact) mass is 532 g/mol. The zero-order valence-electron chi connectivity index (χ0n) is 21.1. The molecule has 1 aliphatic heterocycles. The van der Waals surface area contributed by atoms with Gasteiger partial charge in [0, 0.05) is 61.0 Å². The van der Waals surface area contributed by atoms with Crippen LogP contribution in [-0.4, -0.2) is 43.0 Å². The topological polar surface area (TPSA) is 199 Å². The number of pyridine rings is 4. The fraction of sp³-hybridized carbons (Fsp3) is 0.231. The Morgan fingerprint density at radius 2 is 0.974 bits per heavy atom. The second-order valence-corrected chi connectivity index (χ2v) is 8.37. The Kier molecular flexibility index (Phi) is 10.7. The van der Waals surface area contributed by atoms with Crippen LogP contribution in [0, 0.1) is 20.2 Å². The maximum absolute atomic E-state index is 10.5. The Labute approximate surface area is 224 Å². The molecule has 0 atom stereocenters. The lowest BCUT2D eigenvalue weighted by molar-refractivity contribution is -0.385. The molecule has 4 aromatic rings. The average Bonchev–Trinajstić information content (AvgIpc) is 3.53. The van der Waals surface area contributed by atoms with Crippen LogP contribution in [0.3, 0.4) is 0 Å². The molecular weight excluding hydrogens is 504 g/mol. The zero-order valence-corrected chi connectivity index (χ0v) is 21.1. The van der Waals surface area contributed by atoms with Gasteiger partial charge in [-0.15, -0.1) is 0 Å². The third kappa shape index (κ3) is 10.1. The first-order valence-corrected chi connectivity index (χ1v) is 12.0. The van der Waals surface area contributed by atoms with Gasteiger partial charge in [-0.2, -0.15) is 0 Å². The summed E-state index contributed by atoms with van der Waals surface area (Å²) in [4.78, 5) is 36.1. The molecule has 0 bridgehead atoms. The van der Waals surface area contributed by atoms with Gasteiger partial charge in [0.05, 0.1) is 33.6 Å². The van der Waals surface area contributed by atoms with Crippen molar-refractivity contribution in [2.45, 2.75) is 25.7 Å². The lowest BCUT2D eigenvalue weighted by Crippen LogP contribution is -1.97. The molecule has 13 heteroatoms. The molecule has 1 aliphatic rings. The SMILES string of the molecule is C1CCOC1.Nc1ccc(Cc2ccc(N)cn2)nc1.O=[N+]([O-])c1ccc(Cc2ccc([N+](=O)[O-])cn2)nc1. The molecule has 0 aromatic carbocycles. The van der Waals surface area contributed by atoms with E-state index in [0.717, 1.165) is 24.6 Å². The Hall–Kier alpha value is -5.04. The van der Waals surface area contributed by atoms with Crippen molar-refractivity contribution in [3.8, 4) is 0 Å². The summed E-state index contributed by atoms with van der Waals surface area (Å²) < 4.78 is 4.94. The van der Waals surface area contributed by atoms with Crippen molar-refractivity contribution >= 4 is 22.7 Å². The number of rotatable bonds is 6. The Morgan fingerprint density at radius 3 is 1.21 bits per heavy atom. The molecule has 39 heavy (non-hydrogen) atoms. The molecule has 0 spiro atoms. The summed E-state index contributed by atoms with van der Waals surface area (Å²) in [6.45, 7) is 2.00. The van der Waals surface area contributed by atoms with Crippen molar-refractivity contribution in [2.75, 3.05) is 24.7 Å². The van der Waals surface area contributed by atoms with E-state index in [4.69, 9.17) is 16.2 Å². The van der Waals surface area contributed by atoms with E-state index in [9.17, 15) is 20.2 Å². The quantitative estimate of drug-likeness (QED) is 0.269. The number of aromatic nitrogens is 4. The highest BCUT2D eigenvalue weighted by atomic mass is 16.6. The molecule has 0 saturated carbocycles. The van der Waals surface area contributed by atoms with Gasteiger partial charge < -0.3 is 16.2 Å². The number of anilines is 2. The number of hydrogen-bond acceptors (Lipinski definition) is 11.